The molecular formula is C63H38N6. The van der Waals surface area contributed by atoms with E-state index in [0.717, 1.165) is 76.9 Å². The minimum absolute atomic E-state index is 0.560. The zero-order valence-electron chi connectivity index (χ0n) is 37.1. The third-order valence-corrected chi connectivity index (χ3v) is 14.3. The van der Waals surface area contributed by atoms with Crippen LogP contribution in [0.25, 0.3) is 138 Å². The predicted octanol–water partition coefficient (Wildman–Crippen LogP) is 16.0. The van der Waals surface area contributed by atoms with Gasteiger partial charge in [0.1, 0.15) is 0 Å². The molecule has 0 atom stereocenters. The summed E-state index contributed by atoms with van der Waals surface area (Å²) >= 11 is 0. The van der Waals surface area contributed by atoms with Crippen LogP contribution < -0.4 is 0 Å². The lowest BCUT2D eigenvalue weighted by Gasteiger charge is -2.14. The highest BCUT2D eigenvalue weighted by Crippen LogP contribution is 2.44. The first-order valence-electron chi connectivity index (χ1n) is 23.4. The Morgan fingerprint density at radius 2 is 0.681 bits per heavy atom. The van der Waals surface area contributed by atoms with E-state index in [0.29, 0.717) is 17.6 Å². The lowest BCUT2D eigenvalue weighted by atomic mass is 10.0. The van der Waals surface area contributed by atoms with Crippen molar-refractivity contribution in [3.8, 4) is 40.1 Å². The first-order valence-corrected chi connectivity index (χ1v) is 23.4. The van der Waals surface area contributed by atoms with Crippen LogP contribution in [0.15, 0.2) is 231 Å². The molecule has 0 N–H and O–H groups in total. The van der Waals surface area contributed by atoms with E-state index >= 15 is 0 Å². The summed E-state index contributed by atoms with van der Waals surface area (Å²) in [6, 6.07) is 82.8. The van der Waals surface area contributed by atoms with E-state index in [2.05, 4.69) is 244 Å². The maximum absolute atomic E-state index is 5.43. The molecule has 6 nitrogen and oxygen atoms in total. The second-order valence-corrected chi connectivity index (χ2v) is 18.0. The first kappa shape index (κ1) is 37.8. The molecule has 69 heavy (non-hydrogen) atoms. The van der Waals surface area contributed by atoms with Gasteiger partial charge in [-0.2, -0.15) is 9.97 Å². The van der Waals surface area contributed by atoms with Gasteiger partial charge in [0.15, 0.2) is 11.6 Å². The summed E-state index contributed by atoms with van der Waals surface area (Å²) in [5, 5.41) is 14.0. The lowest BCUT2D eigenvalue weighted by molar-refractivity contribution is 0.954. The third kappa shape index (κ3) is 5.57. The van der Waals surface area contributed by atoms with Crippen LogP contribution in [0.2, 0.25) is 0 Å². The summed E-state index contributed by atoms with van der Waals surface area (Å²) in [7, 11) is 0. The molecule has 15 aromatic rings. The Hall–Kier alpha value is -9.39. The monoisotopic (exact) mass is 878 g/mol. The molecule has 0 amide bonds. The largest absolute Gasteiger partial charge is 0.309 e. The van der Waals surface area contributed by atoms with Crippen molar-refractivity contribution in [2.24, 2.45) is 0 Å². The zero-order valence-corrected chi connectivity index (χ0v) is 37.1. The Kier molecular flexibility index (Phi) is 7.97. The first-order chi connectivity index (χ1) is 34.2. The topological polar surface area (TPSA) is 53.5 Å². The number of hydrogen-bond acceptors (Lipinski definition) is 3. The van der Waals surface area contributed by atoms with Gasteiger partial charge in [-0.1, -0.05) is 176 Å². The molecule has 320 valence electrons. The van der Waals surface area contributed by atoms with Crippen LogP contribution in [0.4, 0.5) is 0 Å². The molecule has 0 fully saturated rings. The molecule has 0 radical (unpaired) electrons. The molecule has 0 unspecified atom stereocenters. The fourth-order valence-corrected chi connectivity index (χ4v) is 11.3. The van der Waals surface area contributed by atoms with Gasteiger partial charge in [0, 0.05) is 54.8 Å². The molecule has 0 spiro atoms. The number of rotatable bonds is 5. The molecule has 0 bridgehead atoms. The SMILES string of the molecule is c1ccc2cc(-n3c4ccccc4c4c5c6ccccc6n(-c6ccc7c8ccccc8n(-c8nc(-c9cccc%10ccccc9%10)nc(-c9cccc%10ccccc9%10)n8)c7c6)c5ccc43)ccc2c1. The molecule has 6 heteroatoms. The van der Waals surface area contributed by atoms with Crippen LogP contribution in [-0.2, 0) is 0 Å². The highest BCUT2D eigenvalue weighted by atomic mass is 15.2. The summed E-state index contributed by atoms with van der Waals surface area (Å²) in [4.78, 5) is 16.2. The smallest absolute Gasteiger partial charge is 0.238 e. The Balaban J connectivity index is 1.00. The summed E-state index contributed by atoms with van der Waals surface area (Å²) in [5.41, 5.74) is 10.8. The van der Waals surface area contributed by atoms with Gasteiger partial charge >= 0.3 is 0 Å². The number of benzene rings is 11. The molecular weight excluding hydrogens is 841 g/mol. The van der Waals surface area contributed by atoms with Crippen LogP contribution in [-0.4, -0.2) is 28.7 Å². The summed E-state index contributed by atoms with van der Waals surface area (Å²) in [6.07, 6.45) is 0. The van der Waals surface area contributed by atoms with Gasteiger partial charge in [0.05, 0.1) is 33.1 Å². The molecule has 0 aliphatic rings. The second kappa shape index (κ2) is 14.6. The van der Waals surface area contributed by atoms with E-state index in [-0.39, 0.29) is 0 Å². The number of fused-ring (bicyclic) bond motifs is 13. The standard InChI is InChI=1S/C63H38N6/c1-2-18-42-37-43(32-31-39(42)15-1)67-54-29-11-8-24-51(54)59-56(67)35-36-57-60(59)52-25-9-12-30-55(52)68(57)44-33-34-48-47-23-7-10-28-53(47)69(58(48)38-44)63-65-61(49-26-13-19-40-16-3-5-21-45(40)49)64-62(66-63)50-27-14-20-41-17-4-6-22-46(41)50/h1-38H. The van der Waals surface area contributed by atoms with Crippen molar-refractivity contribution in [3.05, 3.63) is 231 Å². The molecule has 4 heterocycles. The minimum atomic E-state index is 0.560. The highest BCUT2D eigenvalue weighted by Gasteiger charge is 2.23. The molecule has 0 saturated carbocycles. The third-order valence-electron chi connectivity index (χ3n) is 14.3. The van der Waals surface area contributed by atoms with Crippen molar-refractivity contribution in [2.45, 2.75) is 0 Å². The van der Waals surface area contributed by atoms with E-state index in [1.165, 1.54) is 43.4 Å². The number of para-hydroxylation sites is 3. The van der Waals surface area contributed by atoms with Gasteiger partial charge in [0.25, 0.3) is 0 Å². The maximum atomic E-state index is 5.43. The second-order valence-electron chi connectivity index (χ2n) is 18.0. The highest BCUT2D eigenvalue weighted by molar-refractivity contribution is 6.29. The van der Waals surface area contributed by atoms with Crippen LogP contribution in [0.1, 0.15) is 0 Å². The number of hydrogen-bond donors (Lipinski definition) is 0. The number of nitrogens with zero attached hydrogens (tertiary/aromatic N) is 6. The van der Waals surface area contributed by atoms with Crippen LogP contribution in [0.3, 0.4) is 0 Å². The Morgan fingerprint density at radius 1 is 0.246 bits per heavy atom. The van der Waals surface area contributed by atoms with Crippen LogP contribution in [0, 0.1) is 0 Å². The van der Waals surface area contributed by atoms with E-state index in [4.69, 9.17) is 15.0 Å². The van der Waals surface area contributed by atoms with Gasteiger partial charge in [-0.15, -0.1) is 0 Å². The Labute approximate surface area is 395 Å². The lowest BCUT2D eigenvalue weighted by Crippen LogP contribution is -2.07. The molecule has 0 aliphatic carbocycles. The quantitative estimate of drug-likeness (QED) is 0.173. The predicted molar refractivity (Wildman–Crippen MR) is 286 cm³/mol. The molecule has 11 aromatic carbocycles. The fourth-order valence-electron chi connectivity index (χ4n) is 11.3. The normalized spacial score (nSPS) is 12.1. The van der Waals surface area contributed by atoms with Crippen molar-refractivity contribution in [1.29, 1.82) is 0 Å². The molecule has 0 aliphatic heterocycles. The summed E-state index contributed by atoms with van der Waals surface area (Å²) in [6.45, 7) is 0. The van der Waals surface area contributed by atoms with Crippen LogP contribution in [0.5, 0.6) is 0 Å². The fraction of sp³-hybridized carbons (Fsp3) is 0. The summed E-state index contributed by atoms with van der Waals surface area (Å²) < 4.78 is 7.10. The average molecular weight is 879 g/mol. The van der Waals surface area contributed by atoms with Gasteiger partial charge in [-0.05, 0) is 86.9 Å². The van der Waals surface area contributed by atoms with Crippen molar-refractivity contribution in [1.82, 2.24) is 28.7 Å². The van der Waals surface area contributed by atoms with Crippen molar-refractivity contribution in [3.63, 3.8) is 0 Å². The van der Waals surface area contributed by atoms with Gasteiger partial charge in [-0.25, -0.2) is 4.98 Å². The van der Waals surface area contributed by atoms with Crippen molar-refractivity contribution < 1.29 is 0 Å². The zero-order chi connectivity index (χ0) is 45.2. The van der Waals surface area contributed by atoms with Gasteiger partial charge in [-0.3, -0.25) is 4.57 Å². The minimum Gasteiger partial charge on any atom is -0.309 e. The number of aromatic nitrogens is 6. The van der Waals surface area contributed by atoms with Crippen LogP contribution >= 0.6 is 0 Å². The van der Waals surface area contributed by atoms with E-state index in [9.17, 15) is 0 Å². The molecule has 15 rings (SSSR count). The van der Waals surface area contributed by atoms with E-state index in [1.807, 2.05) is 0 Å². The molecule has 4 aromatic heterocycles. The van der Waals surface area contributed by atoms with Gasteiger partial charge in [0.2, 0.25) is 5.95 Å². The summed E-state index contributed by atoms with van der Waals surface area (Å²) in [5.74, 6) is 1.80. The van der Waals surface area contributed by atoms with Gasteiger partial charge < -0.3 is 9.13 Å². The molecule has 0 saturated heterocycles. The Bertz CT molecular complexity index is 4520. The van der Waals surface area contributed by atoms with E-state index < -0.39 is 0 Å². The van der Waals surface area contributed by atoms with Crippen molar-refractivity contribution >= 4 is 97.7 Å². The Morgan fingerprint density at radius 3 is 1.28 bits per heavy atom. The maximum Gasteiger partial charge on any atom is 0.238 e. The van der Waals surface area contributed by atoms with E-state index in [1.54, 1.807) is 0 Å². The average Bonchev–Trinajstić information content (AvgIpc) is 4.05. The van der Waals surface area contributed by atoms with Crippen molar-refractivity contribution in [2.75, 3.05) is 0 Å².